The van der Waals surface area contributed by atoms with Crippen molar-refractivity contribution in [3.05, 3.63) is 35.2 Å². The van der Waals surface area contributed by atoms with Gasteiger partial charge in [0.05, 0.1) is 4.88 Å². The van der Waals surface area contributed by atoms with E-state index in [-0.39, 0.29) is 11.2 Å². The second-order valence-electron chi connectivity index (χ2n) is 4.72. The largest absolute Gasteiger partial charge is 0.293 e. The highest BCUT2D eigenvalue weighted by Gasteiger charge is 2.27. The Hall–Kier alpha value is -1.15. The Bertz CT molecular complexity index is 489. The summed E-state index contributed by atoms with van der Waals surface area (Å²) in [4.78, 5) is 13.2. The number of thiophene rings is 1. The van der Waals surface area contributed by atoms with Gasteiger partial charge in [0.15, 0.2) is 5.78 Å². The predicted octanol–water partition coefficient (Wildman–Crippen LogP) is 4.52. The minimum Gasteiger partial charge on any atom is -0.293 e. The van der Waals surface area contributed by atoms with E-state index in [1.807, 2.05) is 32.0 Å². The maximum absolute atomic E-state index is 12.3. The molecule has 0 aliphatic rings. The molecule has 0 saturated carbocycles. The highest BCUT2D eigenvalue weighted by atomic mass is 32.1. The maximum Gasteiger partial charge on any atom is 0.178 e. The van der Waals surface area contributed by atoms with Crippen LogP contribution in [0.2, 0.25) is 0 Å². The van der Waals surface area contributed by atoms with Gasteiger partial charge < -0.3 is 0 Å². The van der Waals surface area contributed by atoms with Crippen LogP contribution in [0.4, 0.5) is 0 Å². The lowest BCUT2D eigenvalue weighted by Crippen LogP contribution is -2.22. The van der Waals surface area contributed by atoms with Gasteiger partial charge in [0, 0.05) is 10.1 Å². The minimum atomic E-state index is -0.249. The van der Waals surface area contributed by atoms with Crippen molar-refractivity contribution in [1.82, 2.24) is 0 Å². The number of fused-ring (bicyclic) bond motifs is 1. The first kappa shape index (κ1) is 11.3. The molecule has 0 aliphatic carbocycles. The summed E-state index contributed by atoms with van der Waals surface area (Å²) >= 11 is 1.60. The number of rotatable bonds is 3. The zero-order valence-corrected chi connectivity index (χ0v) is 10.7. The monoisotopic (exact) mass is 232 g/mol. The lowest BCUT2D eigenvalue weighted by molar-refractivity contribution is 0.0837. The van der Waals surface area contributed by atoms with Crippen molar-refractivity contribution in [3.63, 3.8) is 0 Å². The van der Waals surface area contributed by atoms with Gasteiger partial charge in [0.2, 0.25) is 0 Å². The van der Waals surface area contributed by atoms with E-state index < -0.39 is 0 Å². The summed E-state index contributed by atoms with van der Waals surface area (Å²) in [7, 11) is 0. The highest BCUT2D eigenvalue weighted by Crippen LogP contribution is 2.32. The van der Waals surface area contributed by atoms with Crippen LogP contribution >= 0.6 is 11.3 Å². The lowest BCUT2D eigenvalue weighted by Gasteiger charge is -2.19. The molecule has 1 aromatic carbocycles. The molecule has 0 fully saturated rings. The molecule has 0 amide bonds. The molecule has 2 rings (SSSR count). The Morgan fingerprint density at radius 3 is 2.62 bits per heavy atom. The van der Waals surface area contributed by atoms with Crippen molar-refractivity contribution in [2.45, 2.75) is 27.2 Å². The first-order valence-corrected chi connectivity index (χ1v) is 6.39. The van der Waals surface area contributed by atoms with Gasteiger partial charge in [-0.3, -0.25) is 4.79 Å². The SMILES string of the molecule is CCC(C)(C)C(=O)c1cc2ccccc2s1. The third kappa shape index (κ3) is 1.90. The molecule has 1 nitrogen and oxygen atoms in total. The summed E-state index contributed by atoms with van der Waals surface area (Å²) in [6.07, 6.45) is 0.875. The molecule has 1 aromatic heterocycles. The van der Waals surface area contributed by atoms with Gasteiger partial charge >= 0.3 is 0 Å². The van der Waals surface area contributed by atoms with E-state index in [0.29, 0.717) is 0 Å². The van der Waals surface area contributed by atoms with Crippen molar-refractivity contribution < 1.29 is 4.79 Å². The molecule has 0 unspecified atom stereocenters. The molecule has 0 radical (unpaired) electrons. The maximum atomic E-state index is 12.3. The van der Waals surface area contributed by atoms with E-state index >= 15 is 0 Å². The van der Waals surface area contributed by atoms with Crippen molar-refractivity contribution >= 4 is 27.2 Å². The fourth-order valence-electron chi connectivity index (χ4n) is 1.59. The van der Waals surface area contributed by atoms with E-state index in [1.165, 1.54) is 10.1 Å². The molecule has 0 atom stereocenters. The molecule has 1 heterocycles. The van der Waals surface area contributed by atoms with Crippen LogP contribution in [0.25, 0.3) is 10.1 Å². The Kier molecular flexibility index (Phi) is 2.85. The zero-order valence-electron chi connectivity index (χ0n) is 9.91. The summed E-state index contributed by atoms with van der Waals surface area (Å²) in [5, 5.41) is 1.17. The van der Waals surface area contributed by atoms with Crippen LogP contribution in [0.1, 0.15) is 36.9 Å². The first-order valence-electron chi connectivity index (χ1n) is 5.58. The summed E-state index contributed by atoms with van der Waals surface area (Å²) in [5.74, 6) is 0.260. The van der Waals surface area contributed by atoms with Crippen LogP contribution in [0, 0.1) is 5.41 Å². The summed E-state index contributed by atoms with van der Waals surface area (Å²) < 4.78 is 1.19. The van der Waals surface area contributed by atoms with Crippen molar-refractivity contribution in [1.29, 1.82) is 0 Å². The van der Waals surface area contributed by atoms with Crippen molar-refractivity contribution in [2.75, 3.05) is 0 Å². The molecule has 84 valence electrons. The Morgan fingerprint density at radius 1 is 1.31 bits per heavy atom. The normalized spacial score (nSPS) is 11.9. The van der Waals surface area contributed by atoms with Gasteiger partial charge in [-0.05, 0) is 23.9 Å². The number of carbonyl (C=O) groups excluding carboxylic acids is 1. The molecular formula is C14H16OS. The molecule has 16 heavy (non-hydrogen) atoms. The molecule has 2 aromatic rings. The molecule has 0 N–H and O–H groups in total. The smallest absolute Gasteiger partial charge is 0.178 e. The molecule has 0 spiro atoms. The van der Waals surface area contributed by atoms with Gasteiger partial charge in [-0.25, -0.2) is 0 Å². The minimum absolute atomic E-state index is 0.249. The van der Waals surface area contributed by atoms with E-state index in [0.717, 1.165) is 11.3 Å². The second-order valence-corrected chi connectivity index (χ2v) is 5.80. The Labute approximate surface area is 100 Å². The van der Waals surface area contributed by atoms with Crippen LogP contribution in [-0.4, -0.2) is 5.78 Å². The van der Waals surface area contributed by atoms with Crippen LogP contribution in [-0.2, 0) is 0 Å². The summed E-state index contributed by atoms with van der Waals surface area (Å²) in [6.45, 7) is 6.09. The van der Waals surface area contributed by atoms with Crippen LogP contribution < -0.4 is 0 Å². The molecule has 0 saturated heterocycles. The van der Waals surface area contributed by atoms with Crippen molar-refractivity contribution in [2.24, 2.45) is 5.41 Å². The summed E-state index contributed by atoms with van der Waals surface area (Å²) in [6, 6.07) is 10.2. The fraction of sp³-hybridized carbons (Fsp3) is 0.357. The predicted molar refractivity (Wildman–Crippen MR) is 70.2 cm³/mol. The van der Waals surface area contributed by atoms with Gasteiger partial charge in [0.25, 0.3) is 0 Å². The topological polar surface area (TPSA) is 17.1 Å². The van der Waals surface area contributed by atoms with E-state index in [1.54, 1.807) is 11.3 Å². The van der Waals surface area contributed by atoms with E-state index in [9.17, 15) is 4.79 Å². The highest BCUT2D eigenvalue weighted by molar-refractivity contribution is 7.20. The van der Waals surface area contributed by atoms with E-state index in [2.05, 4.69) is 19.1 Å². The zero-order chi connectivity index (χ0) is 11.8. The van der Waals surface area contributed by atoms with Gasteiger partial charge in [-0.1, -0.05) is 39.0 Å². The average molecular weight is 232 g/mol. The molecule has 0 bridgehead atoms. The van der Waals surface area contributed by atoms with Crippen LogP contribution in [0.15, 0.2) is 30.3 Å². The number of Topliss-reactive ketones (excluding diaryl/α,β-unsaturated/α-hetero) is 1. The van der Waals surface area contributed by atoms with Gasteiger partial charge in [-0.15, -0.1) is 11.3 Å². The Balaban J connectivity index is 2.45. The average Bonchev–Trinajstić information content (AvgIpc) is 2.71. The van der Waals surface area contributed by atoms with Crippen LogP contribution in [0.3, 0.4) is 0 Å². The van der Waals surface area contributed by atoms with E-state index in [4.69, 9.17) is 0 Å². The van der Waals surface area contributed by atoms with Gasteiger partial charge in [0.1, 0.15) is 0 Å². The van der Waals surface area contributed by atoms with Crippen LogP contribution in [0.5, 0.6) is 0 Å². The number of hydrogen-bond donors (Lipinski definition) is 0. The number of benzene rings is 1. The quantitative estimate of drug-likeness (QED) is 0.711. The third-order valence-electron chi connectivity index (χ3n) is 3.15. The summed E-state index contributed by atoms with van der Waals surface area (Å²) in [5.41, 5.74) is -0.249. The second kappa shape index (κ2) is 4.02. The third-order valence-corrected chi connectivity index (χ3v) is 4.26. The van der Waals surface area contributed by atoms with Gasteiger partial charge in [-0.2, -0.15) is 0 Å². The first-order chi connectivity index (χ1) is 7.54. The molecular weight excluding hydrogens is 216 g/mol. The Morgan fingerprint density at radius 2 is 2.00 bits per heavy atom. The standard InChI is InChI=1S/C14H16OS/c1-4-14(2,3)13(15)12-9-10-7-5-6-8-11(10)16-12/h5-9H,4H2,1-3H3. The fourth-order valence-corrected chi connectivity index (χ4v) is 2.77. The molecule has 0 aliphatic heterocycles. The number of hydrogen-bond acceptors (Lipinski definition) is 2. The molecule has 2 heteroatoms. The number of ketones is 1. The van der Waals surface area contributed by atoms with Crippen molar-refractivity contribution in [3.8, 4) is 0 Å². The lowest BCUT2D eigenvalue weighted by atomic mass is 9.84. The number of carbonyl (C=O) groups is 1.